The maximum atomic E-state index is 13.0. The summed E-state index contributed by atoms with van der Waals surface area (Å²) < 4.78 is 13.0. The quantitative estimate of drug-likeness (QED) is 0.833. The summed E-state index contributed by atoms with van der Waals surface area (Å²) in [5, 5.41) is 9.48. The lowest BCUT2D eigenvalue weighted by atomic mass is 9.96. The van der Waals surface area contributed by atoms with Gasteiger partial charge in [-0.15, -0.1) is 0 Å². The highest BCUT2D eigenvalue weighted by Crippen LogP contribution is 2.25. The Morgan fingerprint density at radius 2 is 2.25 bits per heavy atom. The molecule has 4 heteroatoms. The summed E-state index contributed by atoms with van der Waals surface area (Å²) in [4.78, 5) is 13.5. The fraction of sp³-hybridized carbons (Fsp3) is 0.417. The predicted molar refractivity (Wildman–Crippen MR) is 57.7 cm³/mol. The number of carbonyl (C=O) groups excluding carboxylic acids is 1. The Morgan fingerprint density at radius 1 is 1.56 bits per heavy atom. The molecule has 0 aromatic heterocycles. The van der Waals surface area contributed by atoms with Gasteiger partial charge in [-0.05, 0) is 30.5 Å². The molecule has 0 aliphatic carbocycles. The first-order valence-electron chi connectivity index (χ1n) is 5.39. The molecule has 1 aliphatic heterocycles. The van der Waals surface area contributed by atoms with Gasteiger partial charge in [-0.25, -0.2) is 4.39 Å². The molecule has 1 heterocycles. The maximum absolute atomic E-state index is 13.0. The highest BCUT2D eigenvalue weighted by molar-refractivity contribution is 5.97. The van der Waals surface area contributed by atoms with Crippen LogP contribution in [0.4, 0.5) is 4.39 Å². The molecule has 0 unspecified atom stereocenters. The molecule has 1 N–H and O–H groups in total. The highest BCUT2D eigenvalue weighted by atomic mass is 19.1. The Kier molecular flexibility index (Phi) is 2.81. The van der Waals surface area contributed by atoms with E-state index in [-0.39, 0.29) is 17.2 Å². The van der Waals surface area contributed by atoms with Gasteiger partial charge in [0.1, 0.15) is 11.6 Å². The minimum Gasteiger partial charge on any atom is -0.507 e. The number of rotatable bonds is 2. The Labute approximate surface area is 93.5 Å². The van der Waals surface area contributed by atoms with Crippen molar-refractivity contribution in [2.75, 3.05) is 13.1 Å². The van der Waals surface area contributed by atoms with Crippen LogP contribution in [0.15, 0.2) is 18.2 Å². The van der Waals surface area contributed by atoms with Crippen molar-refractivity contribution in [1.29, 1.82) is 0 Å². The first kappa shape index (κ1) is 10.9. The lowest BCUT2D eigenvalue weighted by Crippen LogP contribution is -2.49. The van der Waals surface area contributed by atoms with Crippen molar-refractivity contribution in [3.8, 4) is 5.75 Å². The van der Waals surface area contributed by atoms with Crippen LogP contribution in [0.5, 0.6) is 5.75 Å². The van der Waals surface area contributed by atoms with Gasteiger partial charge in [-0.3, -0.25) is 4.79 Å². The van der Waals surface area contributed by atoms with Gasteiger partial charge in [-0.1, -0.05) is 6.92 Å². The lowest BCUT2D eigenvalue weighted by Gasteiger charge is -2.38. The zero-order valence-corrected chi connectivity index (χ0v) is 9.11. The molecule has 0 bridgehead atoms. The van der Waals surface area contributed by atoms with Crippen molar-refractivity contribution in [3.05, 3.63) is 29.6 Å². The van der Waals surface area contributed by atoms with E-state index in [1.807, 2.05) is 0 Å². The zero-order valence-electron chi connectivity index (χ0n) is 9.11. The molecule has 0 saturated carbocycles. The third-order valence-corrected chi connectivity index (χ3v) is 3.01. The summed E-state index contributed by atoms with van der Waals surface area (Å²) in [7, 11) is 0. The van der Waals surface area contributed by atoms with Crippen LogP contribution >= 0.6 is 0 Å². The van der Waals surface area contributed by atoms with Gasteiger partial charge in [0.15, 0.2) is 0 Å². The molecule has 16 heavy (non-hydrogen) atoms. The molecule has 86 valence electrons. The van der Waals surface area contributed by atoms with Crippen LogP contribution in [0.1, 0.15) is 23.7 Å². The number of carbonyl (C=O) groups is 1. The average Bonchev–Trinajstić information content (AvgIpc) is 2.20. The standard InChI is InChI=1S/C12H14FNO2/c1-2-8-6-14(7-8)12(16)10-5-9(13)3-4-11(10)15/h3-5,8,15H,2,6-7H2,1H3. The molecule has 1 amide bonds. The van der Waals surface area contributed by atoms with Gasteiger partial charge in [0.25, 0.3) is 5.91 Å². The Bertz CT molecular complexity index is 413. The van der Waals surface area contributed by atoms with Crippen LogP contribution in [-0.2, 0) is 0 Å². The van der Waals surface area contributed by atoms with Crippen LogP contribution in [0.2, 0.25) is 0 Å². The van der Waals surface area contributed by atoms with Crippen molar-refractivity contribution in [3.63, 3.8) is 0 Å². The molecule has 3 nitrogen and oxygen atoms in total. The second-order valence-electron chi connectivity index (χ2n) is 4.15. The maximum Gasteiger partial charge on any atom is 0.257 e. The van der Waals surface area contributed by atoms with Crippen molar-refractivity contribution < 1.29 is 14.3 Å². The summed E-state index contributed by atoms with van der Waals surface area (Å²) in [5.74, 6) is -0.415. The van der Waals surface area contributed by atoms with Crippen molar-refractivity contribution in [1.82, 2.24) is 4.90 Å². The smallest absolute Gasteiger partial charge is 0.257 e. The molecular weight excluding hydrogens is 209 g/mol. The third-order valence-electron chi connectivity index (χ3n) is 3.01. The number of benzene rings is 1. The number of halogens is 1. The van der Waals surface area contributed by atoms with Crippen molar-refractivity contribution in [2.24, 2.45) is 5.92 Å². The van der Waals surface area contributed by atoms with E-state index >= 15 is 0 Å². The van der Waals surface area contributed by atoms with Gasteiger partial charge in [-0.2, -0.15) is 0 Å². The Balaban J connectivity index is 2.13. The van der Waals surface area contributed by atoms with E-state index in [1.165, 1.54) is 6.07 Å². The van der Waals surface area contributed by atoms with E-state index in [1.54, 1.807) is 4.90 Å². The number of likely N-dealkylation sites (tertiary alicyclic amines) is 1. The fourth-order valence-corrected chi connectivity index (χ4v) is 1.84. The number of phenols is 1. The van der Waals surface area contributed by atoms with Crippen LogP contribution in [0, 0.1) is 11.7 Å². The van der Waals surface area contributed by atoms with E-state index in [4.69, 9.17) is 0 Å². The summed E-state index contributed by atoms with van der Waals surface area (Å²) in [6, 6.07) is 3.42. The topological polar surface area (TPSA) is 40.5 Å². The van der Waals surface area contributed by atoms with Crippen LogP contribution in [0.3, 0.4) is 0 Å². The summed E-state index contributed by atoms with van der Waals surface area (Å²) in [5.41, 5.74) is 0.0505. The number of aromatic hydroxyl groups is 1. The SMILES string of the molecule is CCC1CN(C(=O)c2cc(F)ccc2O)C1. The Hall–Kier alpha value is -1.58. The monoisotopic (exact) mass is 223 g/mol. The fourth-order valence-electron chi connectivity index (χ4n) is 1.84. The van der Waals surface area contributed by atoms with Crippen LogP contribution < -0.4 is 0 Å². The average molecular weight is 223 g/mol. The second-order valence-corrected chi connectivity index (χ2v) is 4.15. The third kappa shape index (κ3) is 1.87. The van der Waals surface area contributed by atoms with Gasteiger partial charge in [0.2, 0.25) is 0 Å². The Morgan fingerprint density at radius 3 is 2.88 bits per heavy atom. The van der Waals surface area contributed by atoms with E-state index < -0.39 is 5.82 Å². The van der Waals surface area contributed by atoms with Gasteiger partial charge < -0.3 is 10.0 Å². The van der Waals surface area contributed by atoms with Gasteiger partial charge in [0.05, 0.1) is 5.56 Å². The van der Waals surface area contributed by atoms with E-state index in [0.717, 1.165) is 18.6 Å². The number of hydrogen-bond acceptors (Lipinski definition) is 2. The zero-order chi connectivity index (χ0) is 11.7. The summed E-state index contributed by atoms with van der Waals surface area (Å²) >= 11 is 0. The largest absolute Gasteiger partial charge is 0.507 e. The minimum absolute atomic E-state index is 0.0505. The van der Waals surface area contributed by atoms with E-state index in [0.29, 0.717) is 19.0 Å². The molecular formula is C12H14FNO2. The first-order valence-corrected chi connectivity index (χ1v) is 5.39. The number of nitrogens with zero attached hydrogens (tertiary/aromatic N) is 1. The second kappa shape index (κ2) is 4.12. The molecule has 1 fully saturated rings. The molecule has 1 saturated heterocycles. The van der Waals surface area contributed by atoms with E-state index in [9.17, 15) is 14.3 Å². The summed E-state index contributed by atoms with van der Waals surface area (Å²) in [6.45, 7) is 3.47. The molecule has 1 aliphatic rings. The highest BCUT2D eigenvalue weighted by Gasteiger charge is 2.31. The van der Waals surface area contributed by atoms with Gasteiger partial charge >= 0.3 is 0 Å². The number of amides is 1. The summed E-state index contributed by atoms with van der Waals surface area (Å²) in [6.07, 6.45) is 1.04. The molecule has 0 spiro atoms. The lowest BCUT2D eigenvalue weighted by molar-refractivity contribution is 0.0491. The van der Waals surface area contributed by atoms with Crippen LogP contribution in [0.25, 0.3) is 0 Å². The molecule has 0 radical (unpaired) electrons. The van der Waals surface area contributed by atoms with Crippen molar-refractivity contribution in [2.45, 2.75) is 13.3 Å². The van der Waals surface area contributed by atoms with E-state index in [2.05, 4.69) is 6.92 Å². The van der Waals surface area contributed by atoms with Crippen LogP contribution in [-0.4, -0.2) is 29.0 Å². The van der Waals surface area contributed by atoms with Crippen molar-refractivity contribution >= 4 is 5.91 Å². The molecule has 0 atom stereocenters. The molecule has 1 aromatic rings. The van der Waals surface area contributed by atoms with Gasteiger partial charge in [0, 0.05) is 13.1 Å². The first-order chi connectivity index (χ1) is 7.61. The number of hydrogen-bond donors (Lipinski definition) is 1. The number of phenolic OH excluding ortho intramolecular Hbond substituents is 1. The molecule has 1 aromatic carbocycles. The minimum atomic E-state index is -0.506. The molecule has 2 rings (SSSR count). The normalized spacial score (nSPS) is 16.0. The predicted octanol–water partition coefficient (Wildman–Crippen LogP) is 2.01.